The van der Waals surface area contributed by atoms with Crippen LogP contribution in [-0.4, -0.2) is 27.8 Å². The molecule has 1 heterocycles. The molecule has 2 rings (SSSR count). The van der Waals surface area contributed by atoms with Crippen molar-refractivity contribution in [3.8, 4) is 0 Å². The average molecular weight is 289 g/mol. The maximum Gasteiger partial charge on any atom is 0.408 e. The largest absolute Gasteiger partial charge is 0.444 e. The molecule has 1 N–H and O–H groups in total. The normalized spacial score (nSPS) is 13.0. The summed E-state index contributed by atoms with van der Waals surface area (Å²) in [6.07, 6.45) is 0.0396. The van der Waals surface area contributed by atoms with Crippen LogP contribution in [0.3, 0.4) is 0 Å². The number of amides is 1. The van der Waals surface area contributed by atoms with Crippen molar-refractivity contribution in [3.63, 3.8) is 0 Å². The highest BCUT2D eigenvalue weighted by atomic mass is 16.6. The van der Waals surface area contributed by atoms with Gasteiger partial charge in [0.05, 0.1) is 11.2 Å². The molecular formula is C15H19N3O3. The molecule has 1 aromatic carbocycles. The summed E-state index contributed by atoms with van der Waals surface area (Å²) >= 11 is 0. The Bertz CT molecular complexity index is 670. The van der Waals surface area contributed by atoms with Gasteiger partial charge in [-0.15, -0.1) is 0 Å². The predicted molar refractivity (Wildman–Crippen MR) is 78.9 cm³/mol. The van der Waals surface area contributed by atoms with Crippen LogP contribution in [0.5, 0.6) is 0 Å². The van der Waals surface area contributed by atoms with E-state index in [1.807, 2.05) is 24.3 Å². The van der Waals surface area contributed by atoms with Gasteiger partial charge in [-0.05, 0) is 26.8 Å². The Kier molecular flexibility index (Phi) is 3.97. The third kappa shape index (κ3) is 3.39. The summed E-state index contributed by atoms with van der Waals surface area (Å²) in [6, 6.07) is 6.65. The van der Waals surface area contributed by atoms with Gasteiger partial charge in [-0.3, -0.25) is 4.68 Å². The lowest BCUT2D eigenvalue weighted by Gasteiger charge is -2.21. The number of nitrogens with one attached hydrogen (secondary N) is 1. The van der Waals surface area contributed by atoms with Crippen molar-refractivity contribution in [2.75, 3.05) is 0 Å². The molecule has 0 fully saturated rings. The van der Waals surface area contributed by atoms with E-state index in [0.717, 1.165) is 10.9 Å². The van der Waals surface area contributed by atoms with Crippen LogP contribution in [0.4, 0.5) is 4.79 Å². The zero-order valence-corrected chi connectivity index (χ0v) is 12.6. The second kappa shape index (κ2) is 5.55. The SMILES string of the molecule is Cn1nc2ccccc2c1C(C=O)NC(=O)OC(C)(C)C. The Morgan fingerprint density at radius 1 is 1.38 bits per heavy atom. The minimum atomic E-state index is -0.808. The van der Waals surface area contributed by atoms with E-state index >= 15 is 0 Å². The highest BCUT2D eigenvalue weighted by Gasteiger charge is 2.24. The Morgan fingerprint density at radius 3 is 2.67 bits per heavy atom. The van der Waals surface area contributed by atoms with E-state index < -0.39 is 17.7 Å². The molecule has 0 aliphatic carbocycles. The van der Waals surface area contributed by atoms with Gasteiger partial charge in [0, 0.05) is 12.4 Å². The Balaban J connectivity index is 2.30. The van der Waals surface area contributed by atoms with Crippen molar-refractivity contribution >= 4 is 23.3 Å². The fourth-order valence-electron chi connectivity index (χ4n) is 2.14. The first-order valence-corrected chi connectivity index (χ1v) is 6.68. The Labute approximate surface area is 123 Å². The lowest BCUT2D eigenvalue weighted by molar-refractivity contribution is -0.109. The van der Waals surface area contributed by atoms with Crippen molar-refractivity contribution < 1.29 is 14.3 Å². The molecule has 112 valence electrons. The summed E-state index contributed by atoms with van der Waals surface area (Å²) < 4.78 is 6.78. The summed E-state index contributed by atoms with van der Waals surface area (Å²) in [7, 11) is 1.74. The minimum Gasteiger partial charge on any atom is -0.444 e. The number of hydrogen-bond donors (Lipinski definition) is 1. The van der Waals surface area contributed by atoms with Gasteiger partial charge in [-0.25, -0.2) is 4.79 Å². The van der Waals surface area contributed by atoms with Gasteiger partial charge in [-0.1, -0.05) is 18.2 Å². The molecule has 1 aromatic heterocycles. The number of nitrogens with zero attached hydrogens (tertiary/aromatic N) is 2. The number of benzene rings is 1. The number of carbonyl (C=O) groups excluding carboxylic acids is 2. The fourth-order valence-corrected chi connectivity index (χ4v) is 2.14. The van der Waals surface area contributed by atoms with Gasteiger partial charge in [0.15, 0.2) is 0 Å². The number of ether oxygens (including phenoxy) is 1. The maximum absolute atomic E-state index is 11.8. The van der Waals surface area contributed by atoms with Crippen LogP contribution in [-0.2, 0) is 16.6 Å². The van der Waals surface area contributed by atoms with E-state index in [1.54, 1.807) is 32.5 Å². The zero-order chi connectivity index (χ0) is 15.6. The molecular weight excluding hydrogens is 270 g/mol. The van der Waals surface area contributed by atoms with E-state index in [2.05, 4.69) is 10.4 Å². The molecule has 21 heavy (non-hydrogen) atoms. The third-order valence-electron chi connectivity index (χ3n) is 2.89. The first kappa shape index (κ1) is 15.0. The Hall–Kier alpha value is -2.37. The second-order valence-electron chi connectivity index (χ2n) is 5.79. The molecule has 0 saturated carbocycles. The van der Waals surface area contributed by atoms with Gasteiger partial charge in [0.25, 0.3) is 0 Å². The van der Waals surface area contributed by atoms with E-state index in [0.29, 0.717) is 12.0 Å². The van der Waals surface area contributed by atoms with Crippen LogP contribution >= 0.6 is 0 Å². The van der Waals surface area contributed by atoms with Crippen LogP contribution in [0.1, 0.15) is 32.5 Å². The third-order valence-corrected chi connectivity index (χ3v) is 2.89. The number of alkyl carbamates (subject to hydrolysis) is 1. The standard InChI is InChI=1S/C15H19N3O3/c1-15(2,3)21-14(20)16-12(9-19)13-10-7-5-6-8-11(10)17-18(13)4/h5-9,12H,1-4H3,(H,16,20). The summed E-state index contributed by atoms with van der Waals surface area (Å²) in [4.78, 5) is 23.2. The molecule has 2 aromatic rings. The molecule has 1 amide bonds. The molecule has 0 aliphatic heterocycles. The number of aromatic nitrogens is 2. The number of aryl methyl sites for hydroxylation is 1. The van der Waals surface area contributed by atoms with Crippen molar-refractivity contribution in [3.05, 3.63) is 30.0 Å². The van der Waals surface area contributed by atoms with Crippen molar-refractivity contribution in [1.29, 1.82) is 0 Å². The highest BCUT2D eigenvalue weighted by molar-refractivity contribution is 5.86. The number of hydrogen-bond acceptors (Lipinski definition) is 4. The van der Waals surface area contributed by atoms with E-state index in [9.17, 15) is 9.59 Å². The summed E-state index contributed by atoms with van der Waals surface area (Å²) in [5, 5.41) is 7.73. The molecule has 0 spiro atoms. The monoisotopic (exact) mass is 289 g/mol. The van der Waals surface area contributed by atoms with Gasteiger partial charge in [-0.2, -0.15) is 5.10 Å². The maximum atomic E-state index is 11.8. The van der Waals surface area contributed by atoms with Crippen molar-refractivity contribution in [2.24, 2.45) is 7.05 Å². The summed E-state index contributed by atoms with van der Waals surface area (Å²) in [5.41, 5.74) is 0.783. The topological polar surface area (TPSA) is 73.2 Å². The quantitative estimate of drug-likeness (QED) is 0.880. The molecule has 0 aliphatic rings. The van der Waals surface area contributed by atoms with Crippen LogP contribution in [0, 0.1) is 0 Å². The van der Waals surface area contributed by atoms with Crippen molar-refractivity contribution in [2.45, 2.75) is 32.4 Å². The summed E-state index contributed by atoms with van der Waals surface area (Å²) in [6.45, 7) is 5.30. The minimum absolute atomic E-state index is 0.619. The van der Waals surface area contributed by atoms with E-state index in [1.165, 1.54) is 0 Å². The van der Waals surface area contributed by atoms with Crippen molar-refractivity contribution in [1.82, 2.24) is 15.1 Å². The highest BCUT2D eigenvalue weighted by Crippen LogP contribution is 2.23. The molecule has 0 radical (unpaired) electrons. The average Bonchev–Trinajstić information content (AvgIpc) is 2.70. The number of aldehydes is 1. The molecule has 1 unspecified atom stereocenters. The number of rotatable bonds is 3. The van der Waals surface area contributed by atoms with E-state index in [-0.39, 0.29) is 0 Å². The lowest BCUT2D eigenvalue weighted by atomic mass is 10.1. The molecule has 0 saturated heterocycles. The molecule has 0 bridgehead atoms. The number of fused-ring (bicyclic) bond motifs is 1. The van der Waals surface area contributed by atoms with E-state index in [4.69, 9.17) is 4.74 Å². The molecule has 6 heteroatoms. The Morgan fingerprint density at radius 2 is 2.05 bits per heavy atom. The predicted octanol–water partition coefficient (Wildman–Crippen LogP) is 2.34. The smallest absolute Gasteiger partial charge is 0.408 e. The van der Waals surface area contributed by atoms with Gasteiger partial charge < -0.3 is 14.8 Å². The van der Waals surface area contributed by atoms with Gasteiger partial charge in [0.2, 0.25) is 0 Å². The van der Waals surface area contributed by atoms with Crippen LogP contribution in [0.15, 0.2) is 24.3 Å². The number of carbonyl (C=O) groups is 2. The summed E-state index contributed by atoms with van der Waals surface area (Å²) in [5.74, 6) is 0. The van der Waals surface area contributed by atoms with Crippen LogP contribution in [0.2, 0.25) is 0 Å². The van der Waals surface area contributed by atoms with Crippen LogP contribution in [0.25, 0.3) is 10.9 Å². The first-order valence-electron chi connectivity index (χ1n) is 6.68. The van der Waals surface area contributed by atoms with Crippen LogP contribution < -0.4 is 5.32 Å². The fraction of sp³-hybridized carbons (Fsp3) is 0.400. The zero-order valence-electron chi connectivity index (χ0n) is 12.6. The van der Waals surface area contributed by atoms with Gasteiger partial charge >= 0.3 is 6.09 Å². The lowest BCUT2D eigenvalue weighted by Crippen LogP contribution is -2.36. The molecule has 1 atom stereocenters. The molecule has 6 nitrogen and oxygen atoms in total. The second-order valence-corrected chi connectivity index (χ2v) is 5.79. The first-order chi connectivity index (χ1) is 9.81. The van der Waals surface area contributed by atoms with Gasteiger partial charge in [0.1, 0.15) is 17.9 Å².